The molecule has 0 saturated carbocycles. The number of aryl methyl sites for hydroxylation is 1. The largest absolute Gasteiger partial charge is 0.349 e. The first-order valence-electron chi connectivity index (χ1n) is 9.64. The van der Waals surface area contributed by atoms with E-state index in [-0.39, 0.29) is 24.3 Å². The molecule has 1 aromatic heterocycles. The van der Waals surface area contributed by atoms with Crippen LogP contribution in [0.5, 0.6) is 0 Å². The quantitative estimate of drug-likeness (QED) is 0.718. The molecule has 6 nitrogen and oxygen atoms in total. The molecule has 4 rings (SSSR count). The van der Waals surface area contributed by atoms with Crippen LogP contribution in [0, 0.1) is 12.8 Å². The summed E-state index contributed by atoms with van der Waals surface area (Å²) < 4.78 is 0. The average molecular weight is 376 g/mol. The Morgan fingerprint density at radius 3 is 2.71 bits per heavy atom. The van der Waals surface area contributed by atoms with Crippen LogP contribution in [-0.4, -0.2) is 33.2 Å². The lowest BCUT2D eigenvalue weighted by Crippen LogP contribution is -2.35. The van der Waals surface area contributed by atoms with Crippen molar-refractivity contribution in [3.63, 3.8) is 0 Å². The zero-order valence-electron chi connectivity index (χ0n) is 16.1. The van der Waals surface area contributed by atoms with E-state index < -0.39 is 5.92 Å². The fourth-order valence-corrected chi connectivity index (χ4v) is 4.09. The van der Waals surface area contributed by atoms with Crippen molar-refractivity contribution in [1.82, 2.24) is 20.2 Å². The minimum atomic E-state index is -0.405. The highest BCUT2D eigenvalue weighted by Crippen LogP contribution is 2.39. The smallest absolute Gasteiger partial charge is 0.226 e. The number of benzene rings is 2. The molecule has 6 heteroatoms. The van der Waals surface area contributed by atoms with Gasteiger partial charge in [-0.15, -0.1) is 0 Å². The number of H-pyrrole nitrogens is 1. The van der Waals surface area contributed by atoms with Crippen molar-refractivity contribution in [2.75, 3.05) is 6.54 Å². The van der Waals surface area contributed by atoms with Crippen LogP contribution >= 0.6 is 0 Å². The summed E-state index contributed by atoms with van der Waals surface area (Å²) in [5.74, 6) is 0.217. The van der Waals surface area contributed by atoms with Gasteiger partial charge in [0.15, 0.2) is 0 Å². The molecule has 0 spiro atoms. The topological polar surface area (TPSA) is 78.1 Å². The van der Waals surface area contributed by atoms with E-state index in [0.29, 0.717) is 18.9 Å². The van der Waals surface area contributed by atoms with Gasteiger partial charge in [0.25, 0.3) is 0 Å². The molecule has 2 heterocycles. The normalized spacial score (nSPS) is 19.4. The van der Waals surface area contributed by atoms with Crippen molar-refractivity contribution in [1.29, 1.82) is 0 Å². The van der Waals surface area contributed by atoms with E-state index in [0.717, 1.165) is 22.2 Å². The molecule has 1 fully saturated rings. The first-order chi connectivity index (χ1) is 13.6. The van der Waals surface area contributed by atoms with Gasteiger partial charge in [-0.3, -0.25) is 9.59 Å². The van der Waals surface area contributed by atoms with Gasteiger partial charge in [-0.25, -0.2) is 4.98 Å². The van der Waals surface area contributed by atoms with Crippen LogP contribution in [0.25, 0.3) is 11.0 Å². The minimum absolute atomic E-state index is 0.0274. The zero-order chi connectivity index (χ0) is 19.7. The van der Waals surface area contributed by atoms with Crippen LogP contribution in [0.4, 0.5) is 0 Å². The Morgan fingerprint density at radius 1 is 1.21 bits per heavy atom. The Balaban J connectivity index is 1.54. The molecule has 3 aromatic rings. The summed E-state index contributed by atoms with van der Waals surface area (Å²) in [5, 5.41) is 2.97. The molecule has 2 amide bonds. The SMILES string of the molecule is CCN1C(=O)C[C@@H](C(=O)NCc2nc3ccccc3[nH]2)[C@@H]1c1ccccc1C. The molecule has 0 bridgehead atoms. The van der Waals surface area contributed by atoms with Crippen molar-refractivity contribution >= 4 is 22.8 Å². The summed E-state index contributed by atoms with van der Waals surface area (Å²) in [5.41, 5.74) is 3.95. The van der Waals surface area contributed by atoms with E-state index in [1.54, 1.807) is 0 Å². The second-order valence-electron chi connectivity index (χ2n) is 7.21. The van der Waals surface area contributed by atoms with Gasteiger partial charge < -0.3 is 15.2 Å². The molecule has 0 aliphatic carbocycles. The average Bonchev–Trinajstić information content (AvgIpc) is 3.26. The van der Waals surface area contributed by atoms with Crippen LogP contribution in [0.1, 0.15) is 36.3 Å². The van der Waals surface area contributed by atoms with Crippen LogP contribution in [0.2, 0.25) is 0 Å². The van der Waals surface area contributed by atoms with Crippen molar-refractivity contribution in [3.05, 3.63) is 65.5 Å². The number of rotatable bonds is 5. The zero-order valence-corrected chi connectivity index (χ0v) is 16.1. The van der Waals surface area contributed by atoms with E-state index in [9.17, 15) is 9.59 Å². The molecular formula is C22H24N4O2. The summed E-state index contributed by atoms with van der Waals surface area (Å²) in [6, 6.07) is 15.5. The molecule has 28 heavy (non-hydrogen) atoms. The van der Waals surface area contributed by atoms with Gasteiger partial charge in [0.2, 0.25) is 11.8 Å². The van der Waals surface area contributed by atoms with Crippen LogP contribution in [0.15, 0.2) is 48.5 Å². The third kappa shape index (κ3) is 3.26. The third-order valence-corrected chi connectivity index (χ3v) is 5.48. The number of likely N-dealkylation sites (tertiary alicyclic amines) is 1. The molecule has 2 aromatic carbocycles. The molecule has 1 saturated heterocycles. The number of nitrogens with one attached hydrogen (secondary N) is 2. The van der Waals surface area contributed by atoms with E-state index >= 15 is 0 Å². The van der Waals surface area contributed by atoms with Gasteiger partial charge in [-0.1, -0.05) is 36.4 Å². The first-order valence-corrected chi connectivity index (χ1v) is 9.64. The van der Waals surface area contributed by atoms with Gasteiger partial charge in [-0.2, -0.15) is 0 Å². The molecule has 0 radical (unpaired) electrons. The highest BCUT2D eigenvalue weighted by molar-refractivity contribution is 5.90. The summed E-state index contributed by atoms with van der Waals surface area (Å²) in [7, 11) is 0. The van der Waals surface area contributed by atoms with Gasteiger partial charge in [0.1, 0.15) is 5.82 Å². The number of carbonyl (C=O) groups excluding carboxylic acids is 2. The van der Waals surface area contributed by atoms with Gasteiger partial charge in [0, 0.05) is 13.0 Å². The highest BCUT2D eigenvalue weighted by atomic mass is 16.2. The number of hydrogen-bond acceptors (Lipinski definition) is 3. The standard InChI is InChI=1S/C22H24N4O2/c1-3-26-20(27)12-16(21(26)15-9-5-4-8-14(15)2)22(28)23-13-19-24-17-10-6-7-11-18(17)25-19/h4-11,16,21H,3,12-13H2,1-2H3,(H,23,28)(H,24,25)/t16-,21+/m1/s1. The maximum Gasteiger partial charge on any atom is 0.226 e. The number of aromatic amines is 1. The summed E-state index contributed by atoms with van der Waals surface area (Å²) in [6.45, 7) is 4.88. The lowest BCUT2D eigenvalue weighted by atomic mass is 9.90. The lowest BCUT2D eigenvalue weighted by molar-refractivity contribution is -0.129. The Bertz CT molecular complexity index is 993. The van der Waals surface area contributed by atoms with Crippen LogP contribution < -0.4 is 5.32 Å². The Labute approximate surface area is 164 Å². The molecule has 2 atom stereocenters. The number of aromatic nitrogens is 2. The number of fused-ring (bicyclic) bond motifs is 1. The number of amides is 2. The maximum absolute atomic E-state index is 13.0. The van der Waals surface area contributed by atoms with E-state index in [1.807, 2.05) is 67.3 Å². The second-order valence-corrected chi connectivity index (χ2v) is 7.21. The molecular weight excluding hydrogens is 352 g/mol. The molecule has 1 aliphatic rings. The molecule has 1 aliphatic heterocycles. The van der Waals surface area contributed by atoms with E-state index in [1.165, 1.54) is 0 Å². The maximum atomic E-state index is 13.0. The van der Waals surface area contributed by atoms with Crippen molar-refractivity contribution in [3.8, 4) is 0 Å². The van der Waals surface area contributed by atoms with Gasteiger partial charge >= 0.3 is 0 Å². The summed E-state index contributed by atoms with van der Waals surface area (Å²) in [4.78, 5) is 35.1. The van der Waals surface area contributed by atoms with Gasteiger partial charge in [-0.05, 0) is 37.1 Å². The second kappa shape index (κ2) is 7.46. The first kappa shape index (κ1) is 18.2. The lowest BCUT2D eigenvalue weighted by Gasteiger charge is -2.28. The Hall–Kier alpha value is -3.15. The molecule has 0 unspecified atom stereocenters. The van der Waals surface area contributed by atoms with Crippen molar-refractivity contribution in [2.24, 2.45) is 5.92 Å². The highest BCUT2D eigenvalue weighted by Gasteiger charge is 2.44. The minimum Gasteiger partial charge on any atom is -0.349 e. The van der Waals surface area contributed by atoms with Crippen molar-refractivity contribution < 1.29 is 9.59 Å². The van der Waals surface area contributed by atoms with Crippen LogP contribution in [0.3, 0.4) is 0 Å². The summed E-state index contributed by atoms with van der Waals surface area (Å²) in [6.07, 6.45) is 0.235. The van der Waals surface area contributed by atoms with Crippen LogP contribution in [-0.2, 0) is 16.1 Å². The predicted molar refractivity (Wildman–Crippen MR) is 107 cm³/mol. The van der Waals surface area contributed by atoms with Gasteiger partial charge in [0.05, 0.1) is 29.5 Å². The fourth-order valence-electron chi connectivity index (χ4n) is 4.09. The number of hydrogen-bond donors (Lipinski definition) is 2. The fraction of sp³-hybridized carbons (Fsp3) is 0.318. The third-order valence-electron chi connectivity index (χ3n) is 5.48. The Morgan fingerprint density at radius 2 is 1.96 bits per heavy atom. The number of para-hydroxylation sites is 2. The number of carbonyl (C=O) groups is 2. The van der Waals surface area contributed by atoms with E-state index in [4.69, 9.17) is 0 Å². The molecule has 2 N–H and O–H groups in total. The number of nitrogens with zero attached hydrogens (tertiary/aromatic N) is 2. The molecule has 144 valence electrons. The monoisotopic (exact) mass is 376 g/mol. The Kier molecular flexibility index (Phi) is 4.86. The van der Waals surface area contributed by atoms with E-state index in [2.05, 4.69) is 15.3 Å². The number of imidazole rings is 1. The summed E-state index contributed by atoms with van der Waals surface area (Å²) >= 11 is 0. The predicted octanol–water partition coefficient (Wildman–Crippen LogP) is 3.10. The van der Waals surface area contributed by atoms with Crippen molar-refractivity contribution in [2.45, 2.75) is 32.9 Å².